The van der Waals surface area contributed by atoms with Crippen LogP contribution in [-0.4, -0.2) is 69.0 Å². The van der Waals surface area contributed by atoms with Crippen LogP contribution in [0.5, 0.6) is 0 Å². The molecule has 0 bridgehead atoms. The molecule has 1 fully saturated rings. The predicted molar refractivity (Wildman–Crippen MR) is 98.8 cm³/mol. The molecular weight excluding hydrogens is 356 g/mol. The fraction of sp³-hybridized carbons (Fsp3) is 0.579. The van der Waals surface area contributed by atoms with Crippen molar-refractivity contribution in [2.24, 2.45) is 11.8 Å². The largest absolute Gasteiger partial charge is 0.478 e. The van der Waals surface area contributed by atoms with E-state index in [1.807, 2.05) is 0 Å². The summed E-state index contributed by atoms with van der Waals surface area (Å²) in [4.78, 5) is 20.7. The van der Waals surface area contributed by atoms with Gasteiger partial charge in [0.2, 0.25) is 0 Å². The van der Waals surface area contributed by atoms with Crippen LogP contribution in [0.3, 0.4) is 0 Å². The summed E-state index contributed by atoms with van der Waals surface area (Å²) >= 11 is 0. The molecule has 2 rings (SSSR count). The smallest absolute Gasteiger partial charge is 0.335 e. The number of carboxylic acid groups (broad SMARTS) is 2. The Morgan fingerprint density at radius 2 is 1.07 bits per heavy atom. The topological polar surface area (TPSA) is 156 Å². The number of rotatable bonds is 6. The maximum atomic E-state index is 10.3. The quantitative estimate of drug-likeness (QED) is 0.426. The summed E-state index contributed by atoms with van der Waals surface area (Å²) in [5, 5.41) is 50.5. The molecule has 1 aliphatic rings. The van der Waals surface area contributed by atoms with E-state index in [0.29, 0.717) is 18.3 Å². The van der Waals surface area contributed by atoms with Crippen molar-refractivity contribution in [1.29, 1.82) is 0 Å². The van der Waals surface area contributed by atoms with Gasteiger partial charge >= 0.3 is 11.9 Å². The lowest BCUT2D eigenvalue weighted by molar-refractivity contribution is 0.0681. The fourth-order valence-corrected chi connectivity index (χ4v) is 2.59. The summed E-state index contributed by atoms with van der Waals surface area (Å²) in [6, 6.07) is 5.02. The number of carbonyl (C=O) groups is 2. The van der Waals surface area contributed by atoms with E-state index < -0.39 is 11.9 Å². The highest BCUT2D eigenvalue weighted by Gasteiger charge is 2.23. The standard InChI is InChI=1S/C8H6O4.C8H16O2.C3H8O2/c9-7(10)5-1-2-6(4-3-5)8(11)12;9-5-7-3-1-2-4-8(7)6-10;4-2-1-3-5/h1-4H,(H,9,10)(H,11,12);7-10H,1-6H2;4-5H,1-3H2. The van der Waals surface area contributed by atoms with Gasteiger partial charge in [-0.05, 0) is 55.4 Å². The van der Waals surface area contributed by atoms with Gasteiger partial charge in [-0.25, -0.2) is 9.59 Å². The normalized spacial score (nSPS) is 18.4. The van der Waals surface area contributed by atoms with Crippen molar-refractivity contribution in [3.8, 4) is 0 Å². The number of hydrogen-bond acceptors (Lipinski definition) is 6. The van der Waals surface area contributed by atoms with Crippen molar-refractivity contribution < 1.29 is 40.2 Å². The van der Waals surface area contributed by atoms with Gasteiger partial charge in [0.15, 0.2) is 0 Å². The third-order valence-corrected chi connectivity index (χ3v) is 4.23. The van der Waals surface area contributed by atoms with Crippen molar-refractivity contribution in [3.05, 3.63) is 35.4 Å². The zero-order valence-electron chi connectivity index (χ0n) is 15.3. The van der Waals surface area contributed by atoms with Gasteiger partial charge in [-0.3, -0.25) is 0 Å². The average Bonchev–Trinajstić information content (AvgIpc) is 2.69. The Morgan fingerprint density at radius 3 is 1.26 bits per heavy atom. The van der Waals surface area contributed by atoms with Crippen LogP contribution in [0.2, 0.25) is 0 Å². The lowest BCUT2D eigenvalue weighted by Crippen LogP contribution is -2.25. The van der Waals surface area contributed by atoms with Crippen LogP contribution in [0, 0.1) is 11.8 Å². The molecular formula is C19H30O8. The lowest BCUT2D eigenvalue weighted by atomic mass is 9.80. The molecule has 6 N–H and O–H groups in total. The molecule has 0 heterocycles. The SMILES string of the molecule is O=C(O)c1ccc(C(=O)O)cc1.OCC1CCCCC1CO.OCCCO. The van der Waals surface area contributed by atoms with E-state index in [2.05, 4.69) is 0 Å². The van der Waals surface area contributed by atoms with Gasteiger partial charge in [-0.2, -0.15) is 0 Å². The minimum Gasteiger partial charge on any atom is -0.478 e. The van der Waals surface area contributed by atoms with Crippen molar-refractivity contribution in [2.45, 2.75) is 32.1 Å². The molecule has 2 unspecified atom stereocenters. The summed E-state index contributed by atoms with van der Waals surface area (Å²) in [6.45, 7) is 0.698. The molecule has 0 aromatic heterocycles. The second kappa shape index (κ2) is 15.1. The molecule has 0 radical (unpaired) electrons. The Kier molecular flexibility index (Phi) is 14.0. The maximum Gasteiger partial charge on any atom is 0.335 e. The number of hydrogen-bond donors (Lipinski definition) is 6. The molecule has 0 aliphatic heterocycles. The first-order chi connectivity index (χ1) is 12.9. The predicted octanol–water partition coefficient (Wildman–Crippen LogP) is 1.22. The van der Waals surface area contributed by atoms with Crippen LogP contribution >= 0.6 is 0 Å². The van der Waals surface area contributed by atoms with Gasteiger partial charge in [0.05, 0.1) is 11.1 Å². The summed E-state index contributed by atoms with van der Waals surface area (Å²) in [6.07, 6.45) is 5.15. The minimum atomic E-state index is -1.06. The molecule has 0 amide bonds. The molecule has 2 atom stereocenters. The fourth-order valence-electron chi connectivity index (χ4n) is 2.59. The van der Waals surface area contributed by atoms with E-state index in [0.717, 1.165) is 12.8 Å². The van der Waals surface area contributed by atoms with Gasteiger partial charge in [-0.15, -0.1) is 0 Å². The summed E-state index contributed by atoms with van der Waals surface area (Å²) < 4.78 is 0. The maximum absolute atomic E-state index is 10.3. The monoisotopic (exact) mass is 386 g/mol. The van der Waals surface area contributed by atoms with E-state index in [9.17, 15) is 9.59 Å². The molecule has 27 heavy (non-hydrogen) atoms. The number of aliphatic hydroxyl groups is 4. The highest BCUT2D eigenvalue weighted by Crippen LogP contribution is 2.28. The molecule has 1 aromatic rings. The van der Waals surface area contributed by atoms with Gasteiger partial charge < -0.3 is 30.6 Å². The van der Waals surface area contributed by atoms with Gasteiger partial charge in [0.25, 0.3) is 0 Å². The van der Waals surface area contributed by atoms with Crippen molar-refractivity contribution in [3.63, 3.8) is 0 Å². The van der Waals surface area contributed by atoms with E-state index >= 15 is 0 Å². The van der Waals surface area contributed by atoms with Crippen LogP contribution in [0.25, 0.3) is 0 Å². The Morgan fingerprint density at radius 1 is 0.741 bits per heavy atom. The van der Waals surface area contributed by atoms with Crippen molar-refractivity contribution in [2.75, 3.05) is 26.4 Å². The van der Waals surface area contributed by atoms with Crippen LogP contribution in [-0.2, 0) is 0 Å². The van der Waals surface area contributed by atoms with E-state index in [1.165, 1.54) is 37.1 Å². The van der Waals surface area contributed by atoms with E-state index in [1.54, 1.807) is 0 Å². The first-order valence-corrected chi connectivity index (χ1v) is 8.91. The van der Waals surface area contributed by atoms with Gasteiger partial charge in [0, 0.05) is 26.4 Å². The average molecular weight is 386 g/mol. The molecule has 0 saturated heterocycles. The third-order valence-electron chi connectivity index (χ3n) is 4.23. The van der Waals surface area contributed by atoms with Crippen molar-refractivity contribution >= 4 is 11.9 Å². The minimum absolute atomic E-state index is 0.0833. The number of benzene rings is 1. The summed E-state index contributed by atoms with van der Waals surface area (Å²) in [5.74, 6) is -1.38. The van der Waals surface area contributed by atoms with Crippen molar-refractivity contribution in [1.82, 2.24) is 0 Å². The van der Waals surface area contributed by atoms with E-state index in [-0.39, 0.29) is 37.6 Å². The van der Waals surface area contributed by atoms with Gasteiger partial charge in [0.1, 0.15) is 0 Å². The molecule has 8 nitrogen and oxygen atoms in total. The Labute approximate surface area is 158 Å². The second-order valence-corrected chi connectivity index (χ2v) is 6.16. The van der Waals surface area contributed by atoms with Gasteiger partial charge in [-0.1, -0.05) is 12.8 Å². The number of carboxylic acids is 2. The highest BCUT2D eigenvalue weighted by atomic mass is 16.4. The van der Waals surface area contributed by atoms with Crippen LogP contribution < -0.4 is 0 Å². The first kappa shape index (κ1) is 25.0. The number of aliphatic hydroxyl groups excluding tert-OH is 4. The third kappa shape index (κ3) is 10.7. The Bertz CT molecular complexity index is 482. The van der Waals surface area contributed by atoms with Crippen LogP contribution in [0.4, 0.5) is 0 Å². The Hall–Kier alpha value is -2.00. The number of aromatic carboxylic acids is 2. The highest BCUT2D eigenvalue weighted by molar-refractivity contribution is 5.91. The van der Waals surface area contributed by atoms with E-state index in [4.69, 9.17) is 30.6 Å². The van der Waals surface area contributed by atoms with Crippen LogP contribution in [0.1, 0.15) is 52.8 Å². The molecule has 1 aromatic carbocycles. The second-order valence-electron chi connectivity index (χ2n) is 6.16. The summed E-state index contributed by atoms with van der Waals surface area (Å²) in [7, 11) is 0. The molecule has 1 saturated carbocycles. The lowest BCUT2D eigenvalue weighted by Gasteiger charge is -2.28. The molecule has 8 heteroatoms. The zero-order valence-corrected chi connectivity index (χ0v) is 15.3. The van der Waals surface area contributed by atoms with Crippen LogP contribution in [0.15, 0.2) is 24.3 Å². The molecule has 1 aliphatic carbocycles. The first-order valence-electron chi connectivity index (χ1n) is 8.91. The molecule has 154 valence electrons. The Balaban J connectivity index is 0.000000408. The zero-order chi connectivity index (χ0) is 20.7. The molecule has 0 spiro atoms. The summed E-state index contributed by atoms with van der Waals surface area (Å²) in [5.41, 5.74) is 0.167.